The largest absolute Gasteiger partial charge is 0.364 e. The first kappa shape index (κ1) is 18.8. The molecule has 122 valence electrons. The Morgan fingerprint density at radius 1 is 1.23 bits per heavy atom. The molecule has 2 rings (SSSR count). The minimum atomic E-state index is 0. The van der Waals surface area contributed by atoms with Crippen LogP contribution in [0.1, 0.15) is 25.3 Å². The highest BCUT2D eigenvalue weighted by Gasteiger charge is 2.07. The monoisotopic (exact) mass is 414 g/mol. The Labute approximate surface area is 151 Å². The van der Waals surface area contributed by atoms with Crippen LogP contribution in [0.25, 0.3) is 0 Å². The van der Waals surface area contributed by atoms with E-state index in [1.165, 1.54) is 17.7 Å². The number of nitrogens with one attached hydrogen (secondary N) is 2. The van der Waals surface area contributed by atoms with Crippen LogP contribution in [0.2, 0.25) is 0 Å². The van der Waals surface area contributed by atoms with Crippen LogP contribution in [0.4, 0.5) is 5.69 Å². The maximum absolute atomic E-state index is 4.25. The summed E-state index contributed by atoms with van der Waals surface area (Å²) in [7, 11) is 1.81. The van der Waals surface area contributed by atoms with Crippen LogP contribution in [-0.2, 0) is 6.54 Å². The fourth-order valence-electron chi connectivity index (χ4n) is 2.34. The molecule has 1 aliphatic rings. The number of rotatable bonds is 6. The lowest BCUT2D eigenvalue weighted by atomic mass is 10.2. The Balaban J connectivity index is 0.00000242. The first-order valence-electron chi connectivity index (χ1n) is 7.77. The summed E-state index contributed by atoms with van der Waals surface area (Å²) in [5.41, 5.74) is 2.56. The molecule has 1 aliphatic heterocycles. The lowest BCUT2D eigenvalue weighted by Gasteiger charge is -2.19. The van der Waals surface area contributed by atoms with Gasteiger partial charge in [-0.2, -0.15) is 0 Å². The van der Waals surface area contributed by atoms with Gasteiger partial charge in [0, 0.05) is 38.9 Å². The molecule has 1 aromatic rings. The lowest BCUT2D eigenvalue weighted by Crippen LogP contribution is -2.37. The quantitative estimate of drug-likeness (QED) is 0.247. The summed E-state index contributed by atoms with van der Waals surface area (Å²) < 4.78 is 0. The van der Waals surface area contributed by atoms with E-state index >= 15 is 0 Å². The number of benzene rings is 1. The second-order valence-corrected chi connectivity index (χ2v) is 5.25. The predicted molar refractivity (Wildman–Crippen MR) is 106 cm³/mol. The van der Waals surface area contributed by atoms with Crippen LogP contribution < -0.4 is 15.5 Å². The third kappa shape index (κ3) is 5.87. The first-order valence-corrected chi connectivity index (χ1v) is 7.77. The average molecular weight is 414 g/mol. The molecule has 4 nitrogen and oxygen atoms in total. The maximum atomic E-state index is 4.25. The highest BCUT2D eigenvalue weighted by Crippen LogP contribution is 2.18. The van der Waals surface area contributed by atoms with E-state index in [1.807, 2.05) is 7.05 Å². The fraction of sp³-hybridized carbons (Fsp3) is 0.471. The van der Waals surface area contributed by atoms with Crippen LogP contribution in [0, 0.1) is 0 Å². The normalized spacial score (nSPS) is 13.9. The molecular weight excluding hydrogens is 387 g/mol. The molecule has 0 unspecified atom stereocenters. The van der Waals surface area contributed by atoms with Crippen molar-refractivity contribution in [3.63, 3.8) is 0 Å². The van der Waals surface area contributed by atoms with Crippen molar-refractivity contribution in [3.8, 4) is 0 Å². The SMILES string of the molecule is CCCCNC(=NC)NCc1cccc(N2CC=CC2)c1.I. The van der Waals surface area contributed by atoms with Gasteiger partial charge in [-0.15, -0.1) is 24.0 Å². The average Bonchev–Trinajstić information content (AvgIpc) is 3.05. The fourth-order valence-corrected chi connectivity index (χ4v) is 2.34. The lowest BCUT2D eigenvalue weighted by molar-refractivity contribution is 0.729. The Bertz CT molecular complexity index is 491. The van der Waals surface area contributed by atoms with Crippen molar-refractivity contribution < 1.29 is 0 Å². The van der Waals surface area contributed by atoms with E-state index in [0.29, 0.717) is 0 Å². The Hall–Kier alpha value is -1.24. The van der Waals surface area contributed by atoms with Gasteiger partial charge in [0.25, 0.3) is 0 Å². The summed E-state index contributed by atoms with van der Waals surface area (Å²) in [6, 6.07) is 8.70. The molecule has 5 heteroatoms. The van der Waals surface area contributed by atoms with Crippen molar-refractivity contribution >= 4 is 35.6 Å². The van der Waals surface area contributed by atoms with Gasteiger partial charge >= 0.3 is 0 Å². The van der Waals surface area contributed by atoms with Gasteiger partial charge in [0.2, 0.25) is 0 Å². The molecule has 0 atom stereocenters. The van der Waals surface area contributed by atoms with E-state index in [2.05, 4.69) is 63.9 Å². The highest BCUT2D eigenvalue weighted by atomic mass is 127. The number of hydrogen-bond donors (Lipinski definition) is 2. The summed E-state index contributed by atoms with van der Waals surface area (Å²) in [4.78, 5) is 6.61. The van der Waals surface area contributed by atoms with E-state index in [0.717, 1.165) is 38.6 Å². The van der Waals surface area contributed by atoms with E-state index in [1.54, 1.807) is 0 Å². The molecular formula is C17H27IN4. The van der Waals surface area contributed by atoms with Gasteiger partial charge in [0.15, 0.2) is 5.96 Å². The first-order chi connectivity index (χ1) is 10.3. The molecule has 0 aromatic heterocycles. The standard InChI is InChI=1S/C17H26N4.HI/c1-3-4-10-19-17(18-2)20-14-15-8-7-9-16(13-15)21-11-5-6-12-21;/h5-9,13H,3-4,10-12,14H2,1-2H3,(H2,18,19,20);1H. The maximum Gasteiger partial charge on any atom is 0.191 e. The van der Waals surface area contributed by atoms with Gasteiger partial charge in [0.1, 0.15) is 0 Å². The molecule has 0 radical (unpaired) electrons. The number of unbranched alkanes of at least 4 members (excludes halogenated alkanes) is 1. The Kier molecular flexibility index (Phi) is 8.96. The van der Waals surface area contributed by atoms with Crippen LogP contribution in [0.5, 0.6) is 0 Å². The Morgan fingerprint density at radius 3 is 2.68 bits per heavy atom. The Morgan fingerprint density at radius 2 is 2.00 bits per heavy atom. The second-order valence-electron chi connectivity index (χ2n) is 5.25. The second kappa shape index (κ2) is 10.5. The van der Waals surface area contributed by atoms with E-state index in [-0.39, 0.29) is 24.0 Å². The number of hydrogen-bond acceptors (Lipinski definition) is 2. The third-order valence-corrected chi connectivity index (χ3v) is 3.60. The molecule has 0 fully saturated rings. The van der Waals surface area contributed by atoms with Crippen LogP contribution in [-0.4, -0.2) is 32.6 Å². The van der Waals surface area contributed by atoms with Gasteiger partial charge in [-0.25, -0.2) is 0 Å². The minimum Gasteiger partial charge on any atom is -0.364 e. The van der Waals surface area contributed by atoms with Crippen molar-refractivity contribution in [2.75, 3.05) is 31.6 Å². The molecule has 0 aliphatic carbocycles. The smallest absolute Gasteiger partial charge is 0.191 e. The predicted octanol–water partition coefficient (Wildman–Crippen LogP) is 3.15. The van der Waals surface area contributed by atoms with Crippen LogP contribution in [0.3, 0.4) is 0 Å². The molecule has 0 saturated carbocycles. The van der Waals surface area contributed by atoms with Crippen LogP contribution >= 0.6 is 24.0 Å². The number of halogens is 1. The molecule has 0 spiro atoms. The van der Waals surface area contributed by atoms with Crippen molar-refractivity contribution in [1.82, 2.24) is 10.6 Å². The summed E-state index contributed by atoms with van der Waals surface area (Å²) >= 11 is 0. The van der Waals surface area contributed by atoms with Gasteiger partial charge in [-0.3, -0.25) is 4.99 Å². The molecule has 1 aromatic carbocycles. The number of nitrogens with zero attached hydrogens (tertiary/aromatic N) is 2. The topological polar surface area (TPSA) is 39.7 Å². The van der Waals surface area contributed by atoms with E-state index in [9.17, 15) is 0 Å². The van der Waals surface area contributed by atoms with Gasteiger partial charge in [-0.1, -0.05) is 37.6 Å². The molecule has 0 saturated heterocycles. The van der Waals surface area contributed by atoms with Gasteiger partial charge in [-0.05, 0) is 24.1 Å². The highest BCUT2D eigenvalue weighted by molar-refractivity contribution is 14.0. The molecule has 2 N–H and O–H groups in total. The van der Waals surface area contributed by atoms with Gasteiger partial charge < -0.3 is 15.5 Å². The summed E-state index contributed by atoms with van der Waals surface area (Å²) in [6.07, 6.45) is 6.78. The van der Waals surface area contributed by atoms with Crippen LogP contribution in [0.15, 0.2) is 41.4 Å². The van der Waals surface area contributed by atoms with E-state index in [4.69, 9.17) is 0 Å². The zero-order chi connectivity index (χ0) is 14.9. The minimum absolute atomic E-state index is 0. The number of guanidine groups is 1. The number of aliphatic imine (C=N–C) groups is 1. The third-order valence-electron chi connectivity index (χ3n) is 3.60. The van der Waals surface area contributed by atoms with Crippen molar-refractivity contribution in [1.29, 1.82) is 0 Å². The number of anilines is 1. The molecule has 0 amide bonds. The van der Waals surface area contributed by atoms with Crippen molar-refractivity contribution in [2.45, 2.75) is 26.3 Å². The molecule has 22 heavy (non-hydrogen) atoms. The molecule has 0 bridgehead atoms. The van der Waals surface area contributed by atoms with Crippen molar-refractivity contribution in [2.24, 2.45) is 4.99 Å². The van der Waals surface area contributed by atoms with Gasteiger partial charge in [0.05, 0.1) is 0 Å². The summed E-state index contributed by atoms with van der Waals surface area (Å²) in [6.45, 7) is 5.97. The van der Waals surface area contributed by atoms with Crippen molar-refractivity contribution in [3.05, 3.63) is 42.0 Å². The zero-order valence-corrected chi connectivity index (χ0v) is 15.8. The summed E-state index contributed by atoms with van der Waals surface area (Å²) in [5.74, 6) is 0.872. The zero-order valence-electron chi connectivity index (χ0n) is 13.5. The molecule has 1 heterocycles. The van der Waals surface area contributed by atoms with E-state index < -0.39 is 0 Å². The summed E-state index contributed by atoms with van der Waals surface area (Å²) in [5, 5.41) is 6.70.